The fourth-order valence-corrected chi connectivity index (χ4v) is 9.44. The maximum atomic E-state index is 13.7. The number of carbonyl (C=O) groups is 2. The van der Waals surface area contributed by atoms with Crippen LogP contribution in [0.25, 0.3) is 0 Å². The van der Waals surface area contributed by atoms with Crippen LogP contribution in [0.3, 0.4) is 0 Å². The van der Waals surface area contributed by atoms with Gasteiger partial charge >= 0.3 is 5.97 Å². The number of nitrogens with zero attached hydrogens (tertiary/aromatic N) is 1. The molecule has 0 spiro atoms. The molecule has 7 atom stereocenters. The third-order valence-corrected chi connectivity index (χ3v) is 11.4. The Morgan fingerprint density at radius 1 is 1.29 bits per heavy atom. The molecule has 3 unspecified atom stereocenters. The highest BCUT2D eigenvalue weighted by Crippen LogP contribution is 2.69. The van der Waals surface area contributed by atoms with Gasteiger partial charge in [-0.1, -0.05) is 44.0 Å². The standard InChI is InChI=1S/C33H39FN2O4S/c1-5-15-41-30(39)33(40-28(38)6-2)14-13-25-24-12-7-21-16-26(36-23-10-8-22(34)9-11-23)20(19-35)17-31(21,3)29(24)27(37)18-32(25,33)4/h1,8-11,16,19,24-25,27,29,37H,6-7,12-15,17-18,35H2,2-4H3/t24-,25?,27?,29?,31-,32-,33-/m0/s1. The van der Waals surface area contributed by atoms with Gasteiger partial charge in [-0.25, -0.2) is 9.38 Å². The number of hydrogen-bond donors (Lipinski definition) is 2. The molecule has 0 bridgehead atoms. The van der Waals surface area contributed by atoms with E-state index in [0.717, 1.165) is 42.3 Å². The number of terminal acetylenes is 1. The van der Waals surface area contributed by atoms with E-state index in [1.807, 2.05) is 6.92 Å². The molecule has 0 aliphatic heterocycles. The van der Waals surface area contributed by atoms with E-state index < -0.39 is 23.1 Å². The molecule has 41 heavy (non-hydrogen) atoms. The zero-order valence-corrected chi connectivity index (χ0v) is 24.8. The maximum Gasteiger partial charge on any atom is 0.306 e. The second-order valence-corrected chi connectivity index (χ2v) is 13.4. The molecule has 0 saturated heterocycles. The maximum absolute atomic E-state index is 13.7. The van der Waals surface area contributed by atoms with Crippen LogP contribution in [-0.4, -0.2) is 39.4 Å². The van der Waals surface area contributed by atoms with Gasteiger partial charge in [-0.3, -0.25) is 9.59 Å². The highest BCUT2D eigenvalue weighted by molar-refractivity contribution is 8.14. The number of esters is 1. The fraction of sp³-hybridized carbons (Fsp3) is 0.545. The lowest BCUT2D eigenvalue weighted by atomic mass is 9.45. The normalized spacial score (nSPS) is 37.9. The molecule has 1 aromatic carbocycles. The summed E-state index contributed by atoms with van der Waals surface area (Å²) in [4.78, 5) is 31.2. The van der Waals surface area contributed by atoms with E-state index in [2.05, 4.69) is 18.9 Å². The SMILES string of the molecule is C#CCSC(=O)[C@@]1(OC(=O)CC)CCC2[C@@H]3CCC4=CC(=Nc5ccc(F)cc5)C(=CN)C[C@]4(C)C3C(O)C[C@@]21C. The van der Waals surface area contributed by atoms with Crippen molar-refractivity contribution < 1.29 is 23.8 Å². The van der Waals surface area contributed by atoms with Crippen molar-refractivity contribution in [2.24, 2.45) is 39.3 Å². The van der Waals surface area contributed by atoms with E-state index in [4.69, 9.17) is 21.9 Å². The molecule has 4 aliphatic rings. The van der Waals surface area contributed by atoms with Gasteiger partial charge in [0.1, 0.15) is 5.82 Å². The number of hydrogen-bond acceptors (Lipinski definition) is 7. The van der Waals surface area contributed by atoms with Crippen LogP contribution in [0, 0.1) is 46.7 Å². The molecule has 0 radical (unpaired) electrons. The minimum Gasteiger partial charge on any atom is -0.449 e. The first-order valence-electron chi connectivity index (χ1n) is 14.5. The molecule has 3 saturated carbocycles. The van der Waals surface area contributed by atoms with Crippen LogP contribution in [-0.2, 0) is 14.3 Å². The topological polar surface area (TPSA) is 102 Å². The van der Waals surface area contributed by atoms with E-state index in [9.17, 15) is 19.1 Å². The van der Waals surface area contributed by atoms with E-state index in [-0.39, 0.29) is 46.3 Å². The van der Waals surface area contributed by atoms with Crippen LogP contribution in [0.15, 0.2) is 52.7 Å². The quantitative estimate of drug-likeness (QED) is 0.335. The molecular weight excluding hydrogens is 539 g/mol. The van der Waals surface area contributed by atoms with Crippen molar-refractivity contribution in [2.75, 3.05) is 5.75 Å². The molecular formula is C33H39FN2O4S. The Kier molecular flexibility index (Phi) is 7.99. The van der Waals surface area contributed by atoms with Crippen molar-refractivity contribution in [1.82, 2.24) is 0 Å². The summed E-state index contributed by atoms with van der Waals surface area (Å²) < 4.78 is 19.5. The van der Waals surface area contributed by atoms with Crippen molar-refractivity contribution in [3.63, 3.8) is 0 Å². The molecule has 6 nitrogen and oxygen atoms in total. The van der Waals surface area contributed by atoms with Gasteiger partial charge in [-0.15, -0.1) is 6.42 Å². The summed E-state index contributed by atoms with van der Waals surface area (Å²) in [6, 6.07) is 6.07. The number of aliphatic hydroxyl groups excluding tert-OH is 1. The van der Waals surface area contributed by atoms with Gasteiger partial charge in [-0.2, -0.15) is 0 Å². The Morgan fingerprint density at radius 2 is 2.02 bits per heavy atom. The van der Waals surface area contributed by atoms with Gasteiger partial charge in [0.15, 0.2) is 5.60 Å². The molecule has 4 aliphatic carbocycles. The zero-order chi connectivity index (χ0) is 29.6. The minimum absolute atomic E-state index is 0.0472. The number of halogens is 1. The largest absolute Gasteiger partial charge is 0.449 e. The van der Waals surface area contributed by atoms with Crippen molar-refractivity contribution in [3.8, 4) is 12.3 Å². The van der Waals surface area contributed by atoms with Crippen LogP contribution in [0.2, 0.25) is 0 Å². The average Bonchev–Trinajstić information content (AvgIpc) is 3.24. The van der Waals surface area contributed by atoms with Gasteiger partial charge < -0.3 is 15.6 Å². The summed E-state index contributed by atoms with van der Waals surface area (Å²) in [6.45, 7) is 5.98. The Bertz CT molecular complexity index is 1360. The minimum atomic E-state index is -1.31. The second kappa shape index (κ2) is 11.1. The molecule has 1 aromatic rings. The number of carbonyl (C=O) groups excluding carboxylic acids is 2. The van der Waals surface area contributed by atoms with E-state index >= 15 is 0 Å². The van der Waals surface area contributed by atoms with Gasteiger partial charge in [0.25, 0.3) is 0 Å². The number of ether oxygens (including phenoxy) is 1. The summed E-state index contributed by atoms with van der Waals surface area (Å²) in [5, 5.41) is 11.7. The van der Waals surface area contributed by atoms with Crippen LogP contribution in [0.1, 0.15) is 65.7 Å². The Balaban J connectivity index is 1.51. The summed E-state index contributed by atoms with van der Waals surface area (Å²) in [5.74, 6) is 2.21. The molecule has 0 heterocycles. The van der Waals surface area contributed by atoms with Crippen molar-refractivity contribution >= 4 is 34.2 Å². The molecule has 5 rings (SSSR count). The lowest BCUT2D eigenvalue weighted by Gasteiger charge is -2.60. The summed E-state index contributed by atoms with van der Waals surface area (Å²) in [6.07, 6.45) is 12.5. The first kappa shape index (κ1) is 29.6. The monoisotopic (exact) mass is 578 g/mol. The summed E-state index contributed by atoms with van der Waals surface area (Å²) >= 11 is 1.03. The first-order chi connectivity index (χ1) is 19.5. The van der Waals surface area contributed by atoms with Crippen molar-refractivity contribution in [2.45, 2.75) is 77.4 Å². The van der Waals surface area contributed by atoms with Gasteiger partial charge in [0.2, 0.25) is 5.12 Å². The lowest BCUT2D eigenvalue weighted by Crippen LogP contribution is -2.62. The smallest absolute Gasteiger partial charge is 0.306 e. The van der Waals surface area contributed by atoms with Crippen molar-refractivity contribution in [1.29, 1.82) is 0 Å². The molecule has 8 heteroatoms. The van der Waals surface area contributed by atoms with Crippen LogP contribution < -0.4 is 5.73 Å². The fourth-order valence-electron chi connectivity index (χ4n) is 8.61. The molecule has 218 valence electrons. The van der Waals surface area contributed by atoms with Crippen LogP contribution in [0.5, 0.6) is 0 Å². The molecule has 0 aromatic heterocycles. The van der Waals surface area contributed by atoms with Gasteiger partial charge in [0.05, 0.1) is 23.3 Å². The zero-order valence-electron chi connectivity index (χ0n) is 24.0. The van der Waals surface area contributed by atoms with Crippen LogP contribution >= 0.6 is 11.8 Å². The number of rotatable bonds is 5. The van der Waals surface area contributed by atoms with Gasteiger partial charge in [-0.05, 0) is 104 Å². The molecule has 3 fully saturated rings. The Hall–Kier alpha value is -2.89. The number of nitrogens with two attached hydrogens (primary N) is 1. The Labute approximate surface area is 246 Å². The number of fused-ring (bicyclic) bond motifs is 5. The first-order valence-corrected chi connectivity index (χ1v) is 15.5. The number of allylic oxidation sites excluding steroid dienone is 3. The predicted octanol–water partition coefficient (Wildman–Crippen LogP) is 5.87. The second-order valence-electron chi connectivity index (χ2n) is 12.4. The predicted molar refractivity (Wildman–Crippen MR) is 160 cm³/mol. The number of thioether (sulfide) groups is 1. The average molecular weight is 579 g/mol. The summed E-state index contributed by atoms with van der Waals surface area (Å²) in [5.41, 5.74) is 7.32. The number of aliphatic imine (C=N–C) groups is 1. The highest BCUT2D eigenvalue weighted by atomic mass is 32.2. The van der Waals surface area contributed by atoms with Crippen LogP contribution in [0.4, 0.5) is 10.1 Å². The van der Waals surface area contributed by atoms with E-state index in [1.165, 1.54) is 17.7 Å². The highest BCUT2D eigenvalue weighted by Gasteiger charge is 2.70. The lowest BCUT2D eigenvalue weighted by molar-refractivity contribution is -0.196. The third kappa shape index (κ3) is 4.75. The molecule has 3 N–H and O–H groups in total. The Morgan fingerprint density at radius 3 is 2.68 bits per heavy atom. The third-order valence-electron chi connectivity index (χ3n) is 10.5. The number of benzene rings is 1. The summed E-state index contributed by atoms with van der Waals surface area (Å²) in [7, 11) is 0. The van der Waals surface area contributed by atoms with Gasteiger partial charge in [0, 0.05) is 11.8 Å². The molecule has 0 amide bonds. The van der Waals surface area contributed by atoms with E-state index in [0.29, 0.717) is 24.9 Å². The van der Waals surface area contributed by atoms with E-state index in [1.54, 1.807) is 25.3 Å². The number of aliphatic hydroxyl groups is 1. The van der Waals surface area contributed by atoms with Crippen molar-refractivity contribution in [3.05, 3.63) is 53.5 Å².